The van der Waals surface area contributed by atoms with Crippen LogP contribution in [-0.4, -0.2) is 29.4 Å². The van der Waals surface area contributed by atoms with E-state index in [0.717, 1.165) is 22.5 Å². The van der Waals surface area contributed by atoms with Crippen molar-refractivity contribution in [2.75, 3.05) is 13.6 Å². The van der Waals surface area contributed by atoms with Crippen LogP contribution in [0.4, 0.5) is 0 Å². The number of thiazole rings is 1. The number of benzene rings is 2. The van der Waals surface area contributed by atoms with Crippen LogP contribution in [0.1, 0.15) is 36.0 Å². The van der Waals surface area contributed by atoms with E-state index in [4.69, 9.17) is 0 Å². The van der Waals surface area contributed by atoms with Gasteiger partial charge in [-0.25, -0.2) is 4.98 Å². The Morgan fingerprint density at radius 1 is 1.19 bits per heavy atom. The zero-order valence-electron chi connectivity index (χ0n) is 15.5. The topological polar surface area (TPSA) is 45.2 Å². The summed E-state index contributed by atoms with van der Waals surface area (Å²) in [4.78, 5) is 19.0. The van der Waals surface area contributed by atoms with E-state index in [1.165, 1.54) is 10.3 Å². The van der Waals surface area contributed by atoms with Gasteiger partial charge in [-0.05, 0) is 43.7 Å². The highest BCUT2D eigenvalue weighted by atomic mass is 32.1. The minimum atomic E-state index is 0.00394. The highest BCUT2D eigenvalue weighted by molar-refractivity contribution is 7.18. The van der Waals surface area contributed by atoms with E-state index in [9.17, 15) is 4.79 Å². The second-order valence-corrected chi connectivity index (χ2v) is 7.75. The zero-order valence-corrected chi connectivity index (χ0v) is 16.3. The van der Waals surface area contributed by atoms with Crippen LogP contribution >= 0.6 is 11.3 Å². The first-order chi connectivity index (χ1) is 12.5. The van der Waals surface area contributed by atoms with Crippen molar-refractivity contribution in [2.24, 2.45) is 0 Å². The molecule has 1 atom stereocenters. The smallest absolute Gasteiger partial charge is 0.234 e. The summed E-state index contributed by atoms with van der Waals surface area (Å²) in [6.45, 7) is 5.19. The molecular formula is C21H25N3OS. The fraction of sp³-hybridized carbons (Fsp3) is 0.333. The Morgan fingerprint density at radius 2 is 1.92 bits per heavy atom. The number of hydrogen-bond acceptors (Lipinski definition) is 4. The van der Waals surface area contributed by atoms with Gasteiger partial charge in [-0.2, -0.15) is 0 Å². The molecule has 26 heavy (non-hydrogen) atoms. The standard InChI is InChI=1S/C21H25N3OS/c1-4-16-9-11-17(12-10-16)15(2)22-20(25)13-24(3)14-21-23-18-7-5-6-8-19(18)26-21/h5-12,15H,4,13-14H2,1-3H3,(H,22,25). The molecule has 1 aromatic heterocycles. The van der Waals surface area contributed by atoms with Crippen molar-refractivity contribution in [1.82, 2.24) is 15.2 Å². The summed E-state index contributed by atoms with van der Waals surface area (Å²) in [6.07, 6.45) is 1.03. The molecule has 0 saturated heterocycles. The molecule has 1 unspecified atom stereocenters. The number of likely N-dealkylation sites (N-methyl/N-ethyl adjacent to an activating group) is 1. The van der Waals surface area contributed by atoms with Crippen LogP contribution in [0, 0.1) is 0 Å². The molecule has 0 aliphatic heterocycles. The Balaban J connectivity index is 1.53. The molecule has 136 valence electrons. The van der Waals surface area contributed by atoms with E-state index in [2.05, 4.69) is 47.6 Å². The lowest BCUT2D eigenvalue weighted by Gasteiger charge is -2.18. The summed E-state index contributed by atoms with van der Waals surface area (Å²) < 4.78 is 1.18. The predicted molar refractivity (Wildman–Crippen MR) is 108 cm³/mol. The SMILES string of the molecule is CCc1ccc(C(C)NC(=O)CN(C)Cc2nc3ccccc3s2)cc1. The first-order valence-electron chi connectivity index (χ1n) is 8.96. The lowest BCUT2D eigenvalue weighted by molar-refractivity contribution is -0.122. The van der Waals surface area contributed by atoms with Gasteiger partial charge >= 0.3 is 0 Å². The number of fused-ring (bicyclic) bond motifs is 1. The number of carbonyl (C=O) groups is 1. The number of hydrogen-bond donors (Lipinski definition) is 1. The summed E-state index contributed by atoms with van der Waals surface area (Å²) in [7, 11) is 1.95. The van der Waals surface area contributed by atoms with Gasteiger partial charge in [0.1, 0.15) is 5.01 Å². The van der Waals surface area contributed by atoms with Gasteiger partial charge < -0.3 is 5.32 Å². The molecule has 1 heterocycles. The van der Waals surface area contributed by atoms with Gasteiger partial charge in [0.15, 0.2) is 0 Å². The predicted octanol–water partition coefficient (Wildman–Crippen LogP) is 4.17. The first-order valence-corrected chi connectivity index (χ1v) is 9.78. The molecule has 0 radical (unpaired) electrons. The van der Waals surface area contributed by atoms with E-state index in [0.29, 0.717) is 13.1 Å². The monoisotopic (exact) mass is 367 g/mol. The molecule has 3 rings (SSSR count). The Labute approximate surface area is 158 Å². The third-order valence-corrected chi connectivity index (χ3v) is 5.44. The molecule has 2 aromatic carbocycles. The molecule has 0 saturated carbocycles. The molecular weight excluding hydrogens is 342 g/mol. The van der Waals surface area contributed by atoms with Crippen molar-refractivity contribution in [1.29, 1.82) is 0 Å². The van der Waals surface area contributed by atoms with Crippen molar-refractivity contribution in [3.05, 3.63) is 64.7 Å². The van der Waals surface area contributed by atoms with Gasteiger partial charge in [-0.1, -0.05) is 43.3 Å². The zero-order chi connectivity index (χ0) is 18.5. The number of aromatic nitrogens is 1. The number of nitrogens with zero attached hydrogens (tertiary/aromatic N) is 2. The van der Waals surface area contributed by atoms with Gasteiger partial charge in [0.05, 0.1) is 29.3 Å². The molecule has 0 spiro atoms. The highest BCUT2D eigenvalue weighted by Crippen LogP contribution is 2.22. The van der Waals surface area contributed by atoms with Gasteiger partial charge in [0.25, 0.3) is 0 Å². The molecule has 3 aromatic rings. The van der Waals surface area contributed by atoms with Crippen LogP contribution in [-0.2, 0) is 17.8 Å². The Bertz CT molecular complexity index is 839. The van der Waals surface area contributed by atoms with Crippen molar-refractivity contribution in [2.45, 2.75) is 32.9 Å². The minimum Gasteiger partial charge on any atom is -0.348 e. The number of nitrogens with one attached hydrogen (secondary N) is 1. The quantitative estimate of drug-likeness (QED) is 0.682. The Hall–Kier alpha value is -2.24. The lowest BCUT2D eigenvalue weighted by Crippen LogP contribution is -2.36. The highest BCUT2D eigenvalue weighted by Gasteiger charge is 2.13. The third kappa shape index (κ3) is 4.68. The number of amides is 1. The van der Waals surface area contributed by atoms with E-state index >= 15 is 0 Å². The number of aryl methyl sites for hydroxylation is 1. The molecule has 0 bridgehead atoms. The maximum atomic E-state index is 12.4. The molecule has 1 N–H and O–H groups in total. The van der Waals surface area contributed by atoms with Crippen LogP contribution in [0.2, 0.25) is 0 Å². The number of rotatable bonds is 7. The maximum Gasteiger partial charge on any atom is 0.234 e. The van der Waals surface area contributed by atoms with Crippen LogP contribution in [0.3, 0.4) is 0 Å². The second-order valence-electron chi connectivity index (χ2n) is 6.63. The fourth-order valence-corrected chi connectivity index (χ4v) is 3.98. The first kappa shape index (κ1) is 18.5. The summed E-state index contributed by atoms with van der Waals surface area (Å²) in [5.41, 5.74) is 3.46. The average Bonchev–Trinajstić information content (AvgIpc) is 3.03. The Kier molecular flexibility index (Phi) is 6.01. The largest absolute Gasteiger partial charge is 0.348 e. The molecule has 0 aliphatic carbocycles. The average molecular weight is 368 g/mol. The summed E-state index contributed by atoms with van der Waals surface area (Å²) in [5.74, 6) is 0.0284. The minimum absolute atomic E-state index is 0.00394. The van der Waals surface area contributed by atoms with Crippen molar-refractivity contribution in [3.8, 4) is 0 Å². The van der Waals surface area contributed by atoms with Crippen molar-refractivity contribution >= 4 is 27.5 Å². The van der Waals surface area contributed by atoms with E-state index < -0.39 is 0 Å². The normalized spacial score (nSPS) is 12.5. The van der Waals surface area contributed by atoms with E-state index in [1.807, 2.05) is 37.1 Å². The van der Waals surface area contributed by atoms with Gasteiger partial charge in [0.2, 0.25) is 5.91 Å². The molecule has 1 amide bonds. The van der Waals surface area contributed by atoms with E-state index in [1.54, 1.807) is 11.3 Å². The summed E-state index contributed by atoms with van der Waals surface area (Å²) in [5, 5.41) is 4.11. The number of para-hydroxylation sites is 1. The van der Waals surface area contributed by atoms with Crippen LogP contribution in [0.5, 0.6) is 0 Å². The van der Waals surface area contributed by atoms with Gasteiger partial charge in [-0.15, -0.1) is 11.3 Å². The number of carbonyl (C=O) groups excluding carboxylic acids is 1. The van der Waals surface area contributed by atoms with Crippen LogP contribution in [0.15, 0.2) is 48.5 Å². The molecule has 0 fully saturated rings. The Morgan fingerprint density at radius 3 is 2.62 bits per heavy atom. The summed E-state index contributed by atoms with van der Waals surface area (Å²) >= 11 is 1.68. The van der Waals surface area contributed by atoms with Crippen LogP contribution < -0.4 is 5.32 Å². The lowest BCUT2D eigenvalue weighted by atomic mass is 10.1. The molecule has 5 heteroatoms. The second kappa shape index (κ2) is 8.43. The summed E-state index contributed by atoms with van der Waals surface area (Å²) in [6, 6.07) is 16.6. The van der Waals surface area contributed by atoms with Gasteiger partial charge in [-0.3, -0.25) is 9.69 Å². The van der Waals surface area contributed by atoms with Gasteiger partial charge in [0, 0.05) is 0 Å². The maximum absolute atomic E-state index is 12.4. The van der Waals surface area contributed by atoms with Crippen molar-refractivity contribution < 1.29 is 4.79 Å². The van der Waals surface area contributed by atoms with Crippen molar-refractivity contribution in [3.63, 3.8) is 0 Å². The molecule has 4 nitrogen and oxygen atoms in total. The third-order valence-electron chi connectivity index (χ3n) is 4.42. The molecule has 0 aliphatic rings. The fourth-order valence-electron chi connectivity index (χ4n) is 2.93. The van der Waals surface area contributed by atoms with E-state index in [-0.39, 0.29) is 11.9 Å². The van der Waals surface area contributed by atoms with Crippen LogP contribution in [0.25, 0.3) is 10.2 Å².